The Morgan fingerprint density at radius 1 is 1.26 bits per heavy atom. The number of aliphatic carboxylic acids is 1. The van der Waals surface area contributed by atoms with E-state index in [-0.39, 0.29) is 24.3 Å². The molecule has 0 aliphatic carbocycles. The Morgan fingerprint density at radius 2 is 2.00 bits per heavy atom. The molecule has 0 saturated carbocycles. The fourth-order valence-electron chi connectivity index (χ4n) is 2.18. The van der Waals surface area contributed by atoms with E-state index in [4.69, 9.17) is 10.2 Å². The Morgan fingerprint density at radius 3 is 2.63 bits per heavy atom. The normalized spacial score (nSPS) is 18.1. The van der Waals surface area contributed by atoms with Crippen molar-refractivity contribution in [3.8, 4) is 0 Å². The van der Waals surface area contributed by atoms with E-state index in [1.807, 2.05) is 0 Å². The molecule has 100 valence electrons. The number of carbonyl (C=O) groups is 3. The van der Waals surface area contributed by atoms with Gasteiger partial charge in [0.15, 0.2) is 0 Å². The van der Waals surface area contributed by atoms with Crippen LogP contribution < -0.4 is 5.32 Å². The number of carboxylic acid groups (broad SMARTS) is 2. The first-order chi connectivity index (χ1) is 8.97. The topological polar surface area (TPSA) is 104 Å². The van der Waals surface area contributed by atoms with Crippen LogP contribution in [0.5, 0.6) is 0 Å². The third-order valence-corrected chi connectivity index (χ3v) is 3.16. The van der Waals surface area contributed by atoms with E-state index in [0.29, 0.717) is 12.1 Å². The molecule has 1 heterocycles. The second-order valence-electron chi connectivity index (χ2n) is 4.51. The van der Waals surface area contributed by atoms with E-state index in [0.717, 1.165) is 5.56 Å². The summed E-state index contributed by atoms with van der Waals surface area (Å²) >= 11 is 0. The summed E-state index contributed by atoms with van der Waals surface area (Å²) in [6.45, 7) is 0.296. The molecule has 1 aromatic carbocycles. The first kappa shape index (κ1) is 13.1. The fraction of sp³-hybridized carbons (Fsp3) is 0.308. The molecule has 6 heteroatoms. The summed E-state index contributed by atoms with van der Waals surface area (Å²) in [7, 11) is 0. The summed E-state index contributed by atoms with van der Waals surface area (Å²) in [5.41, 5.74) is 1.68. The summed E-state index contributed by atoms with van der Waals surface area (Å²) in [4.78, 5) is 33.4. The molecule has 0 bridgehead atoms. The van der Waals surface area contributed by atoms with Crippen molar-refractivity contribution in [3.05, 3.63) is 34.9 Å². The lowest BCUT2D eigenvalue weighted by molar-refractivity contribution is -0.141. The molecule has 1 atom stereocenters. The number of hydrogen-bond donors (Lipinski definition) is 3. The molecule has 2 rings (SSSR count). The van der Waals surface area contributed by atoms with E-state index in [1.54, 1.807) is 6.07 Å². The second kappa shape index (κ2) is 5.09. The van der Waals surface area contributed by atoms with Crippen molar-refractivity contribution in [3.63, 3.8) is 0 Å². The molecular formula is C13H13NO5. The summed E-state index contributed by atoms with van der Waals surface area (Å²) in [5, 5.41) is 20.4. The number of nitrogens with one attached hydrogen (secondary N) is 1. The first-order valence-corrected chi connectivity index (χ1v) is 5.82. The largest absolute Gasteiger partial charge is 0.481 e. The highest BCUT2D eigenvalue weighted by atomic mass is 16.4. The van der Waals surface area contributed by atoms with Crippen LogP contribution in [0.3, 0.4) is 0 Å². The van der Waals surface area contributed by atoms with Crippen LogP contribution in [0, 0.1) is 5.92 Å². The van der Waals surface area contributed by atoms with Crippen LogP contribution in [0.2, 0.25) is 0 Å². The molecule has 1 aliphatic rings. The summed E-state index contributed by atoms with van der Waals surface area (Å²) in [6, 6.07) is 4.64. The van der Waals surface area contributed by atoms with Crippen molar-refractivity contribution in [1.29, 1.82) is 0 Å². The molecule has 0 aromatic heterocycles. The smallest absolute Gasteiger partial charge is 0.335 e. The summed E-state index contributed by atoms with van der Waals surface area (Å²) < 4.78 is 0. The van der Waals surface area contributed by atoms with Gasteiger partial charge >= 0.3 is 11.9 Å². The van der Waals surface area contributed by atoms with E-state index in [1.165, 1.54) is 12.1 Å². The van der Waals surface area contributed by atoms with Gasteiger partial charge in [-0.25, -0.2) is 4.79 Å². The highest BCUT2D eigenvalue weighted by Gasteiger charge is 2.26. The zero-order valence-corrected chi connectivity index (χ0v) is 10.0. The molecule has 3 N–H and O–H groups in total. The zero-order valence-electron chi connectivity index (χ0n) is 10.0. The molecule has 19 heavy (non-hydrogen) atoms. The van der Waals surface area contributed by atoms with Crippen LogP contribution in [0.15, 0.2) is 18.2 Å². The molecule has 1 unspecified atom stereocenters. The third-order valence-electron chi connectivity index (χ3n) is 3.16. The third kappa shape index (κ3) is 2.90. The highest BCUT2D eigenvalue weighted by Crippen LogP contribution is 2.22. The minimum Gasteiger partial charge on any atom is -0.481 e. The Kier molecular flexibility index (Phi) is 3.50. The van der Waals surface area contributed by atoms with Crippen LogP contribution in [-0.4, -0.2) is 28.1 Å². The molecular weight excluding hydrogens is 250 g/mol. The van der Waals surface area contributed by atoms with Gasteiger partial charge in [0.05, 0.1) is 17.9 Å². The first-order valence-electron chi connectivity index (χ1n) is 5.82. The molecule has 1 amide bonds. The lowest BCUT2D eigenvalue weighted by Crippen LogP contribution is -2.30. The number of rotatable bonds is 3. The van der Waals surface area contributed by atoms with E-state index in [2.05, 4.69) is 5.32 Å². The average Bonchev–Trinajstić information content (AvgIpc) is 2.48. The summed E-state index contributed by atoms with van der Waals surface area (Å²) in [6.07, 6.45) is -0.0167. The van der Waals surface area contributed by atoms with Crippen molar-refractivity contribution in [2.75, 3.05) is 0 Å². The predicted molar refractivity (Wildman–Crippen MR) is 64.7 cm³/mol. The van der Waals surface area contributed by atoms with Gasteiger partial charge in [0.2, 0.25) is 5.91 Å². The number of benzene rings is 1. The monoisotopic (exact) mass is 263 g/mol. The van der Waals surface area contributed by atoms with Gasteiger partial charge in [-0.3, -0.25) is 9.59 Å². The van der Waals surface area contributed by atoms with Crippen molar-refractivity contribution in [2.45, 2.75) is 19.4 Å². The Balaban J connectivity index is 2.32. The minimum atomic E-state index is -1.04. The summed E-state index contributed by atoms with van der Waals surface area (Å²) in [5.74, 6) is -3.06. The molecule has 0 saturated heterocycles. The van der Waals surface area contributed by atoms with Crippen LogP contribution in [0.1, 0.15) is 27.9 Å². The van der Waals surface area contributed by atoms with Gasteiger partial charge in [-0.05, 0) is 29.7 Å². The van der Waals surface area contributed by atoms with Crippen LogP contribution in [0.4, 0.5) is 0 Å². The molecule has 0 fully saturated rings. The lowest BCUT2D eigenvalue weighted by atomic mass is 9.93. The average molecular weight is 263 g/mol. The van der Waals surface area contributed by atoms with E-state index in [9.17, 15) is 14.4 Å². The Hall–Kier alpha value is -2.37. The second-order valence-corrected chi connectivity index (χ2v) is 4.51. The predicted octanol–water partition coefficient (Wildman–Crippen LogP) is 0.648. The SMILES string of the molecule is O=C(O)CC1Cc2cc(C(=O)O)ccc2CNC1=O. The quantitative estimate of drug-likeness (QED) is 0.742. The van der Waals surface area contributed by atoms with Gasteiger partial charge in [0, 0.05) is 6.54 Å². The van der Waals surface area contributed by atoms with Crippen molar-refractivity contribution < 1.29 is 24.6 Å². The maximum Gasteiger partial charge on any atom is 0.335 e. The molecule has 0 radical (unpaired) electrons. The number of amides is 1. The molecule has 1 aromatic rings. The number of fused-ring (bicyclic) bond motifs is 1. The van der Waals surface area contributed by atoms with Crippen molar-refractivity contribution >= 4 is 17.8 Å². The van der Waals surface area contributed by atoms with Gasteiger partial charge in [-0.2, -0.15) is 0 Å². The fourth-order valence-corrected chi connectivity index (χ4v) is 2.18. The van der Waals surface area contributed by atoms with Crippen LogP contribution in [0.25, 0.3) is 0 Å². The molecule has 0 spiro atoms. The number of hydrogen-bond acceptors (Lipinski definition) is 3. The minimum absolute atomic E-state index is 0.141. The van der Waals surface area contributed by atoms with Crippen LogP contribution in [-0.2, 0) is 22.6 Å². The Labute approximate surface area is 109 Å². The van der Waals surface area contributed by atoms with Crippen molar-refractivity contribution in [1.82, 2.24) is 5.32 Å². The van der Waals surface area contributed by atoms with E-state index < -0.39 is 17.9 Å². The molecule has 1 aliphatic heterocycles. The molecule has 6 nitrogen and oxygen atoms in total. The van der Waals surface area contributed by atoms with Gasteiger partial charge in [-0.15, -0.1) is 0 Å². The van der Waals surface area contributed by atoms with Gasteiger partial charge in [-0.1, -0.05) is 6.07 Å². The lowest BCUT2D eigenvalue weighted by Gasteiger charge is -2.10. The van der Waals surface area contributed by atoms with E-state index >= 15 is 0 Å². The number of carbonyl (C=O) groups excluding carboxylic acids is 1. The van der Waals surface area contributed by atoms with Crippen molar-refractivity contribution in [2.24, 2.45) is 5.92 Å². The Bertz CT molecular complexity index is 552. The zero-order chi connectivity index (χ0) is 14.0. The standard InChI is InChI=1S/C13H13NO5/c15-11(16)5-10-4-9-3-7(13(18)19)1-2-8(9)6-14-12(10)17/h1-3,10H,4-6H2,(H,14,17)(H,15,16)(H,18,19). The maximum atomic E-state index is 11.7. The van der Waals surface area contributed by atoms with Gasteiger partial charge in [0.1, 0.15) is 0 Å². The maximum absolute atomic E-state index is 11.7. The highest BCUT2D eigenvalue weighted by molar-refractivity contribution is 5.88. The van der Waals surface area contributed by atoms with Crippen LogP contribution >= 0.6 is 0 Å². The van der Waals surface area contributed by atoms with Gasteiger partial charge in [0.25, 0.3) is 0 Å². The van der Waals surface area contributed by atoms with Gasteiger partial charge < -0.3 is 15.5 Å². The number of carboxylic acids is 2. The number of aromatic carboxylic acids is 1.